The van der Waals surface area contributed by atoms with E-state index in [0.717, 1.165) is 12.1 Å². The highest BCUT2D eigenvalue weighted by atomic mass is 35.5. The van der Waals surface area contributed by atoms with Crippen molar-refractivity contribution in [2.75, 3.05) is 0 Å². The van der Waals surface area contributed by atoms with E-state index in [-0.39, 0.29) is 27.5 Å². The monoisotopic (exact) mass is 334 g/mol. The van der Waals surface area contributed by atoms with Gasteiger partial charge in [0.05, 0.1) is 10.5 Å². The number of nitrogens with two attached hydrogens (primary N) is 1. The van der Waals surface area contributed by atoms with E-state index < -0.39 is 27.9 Å². The molecule has 0 bridgehead atoms. The molecule has 4 N–H and O–H groups in total. The molecule has 0 aliphatic rings. The lowest BCUT2D eigenvalue weighted by Gasteiger charge is -2.15. The molecule has 0 aliphatic carbocycles. The predicted molar refractivity (Wildman–Crippen MR) is 76.7 cm³/mol. The summed E-state index contributed by atoms with van der Waals surface area (Å²) in [5, 5.41) is 9.05. The summed E-state index contributed by atoms with van der Waals surface area (Å²) in [5.74, 6) is -2.12. The summed E-state index contributed by atoms with van der Waals surface area (Å²) in [7, 11) is -4.11. The summed E-state index contributed by atoms with van der Waals surface area (Å²) in [6.45, 7) is 3.05. The molecule has 1 aromatic carbocycles. The van der Waals surface area contributed by atoms with Gasteiger partial charge in [-0.2, -0.15) is 4.72 Å². The number of benzene rings is 1. The van der Waals surface area contributed by atoms with Crippen LogP contribution in [-0.4, -0.2) is 31.4 Å². The third-order valence-corrected chi connectivity index (χ3v) is 4.75. The van der Waals surface area contributed by atoms with Crippen LogP contribution >= 0.6 is 11.6 Å². The van der Waals surface area contributed by atoms with Crippen LogP contribution in [0.5, 0.6) is 0 Å². The van der Waals surface area contributed by atoms with Crippen LogP contribution in [0.4, 0.5) is 0 Å². The number of sulfonamides is 1. The first-order chi connectivity index (χ1) is 9.60. The SMILES string of the molecule is CC[C@@H](NS(=O)(=O)c1cc(Cl)c(C)c(C(=O)O)c1)C(N)=O. The lowest BCUT2D eigenvalue weighted by Crippen LogP contribution is -2.43. The number of carbonyl (C=O) groups excluding carboxylic acids is 1. The van der Waals surface area contributed by atoms with Crippen LogP contribution in [0.3, 0.4) is 0 Å². The maximum atomic E-state index is 12.2. The molecule has 0 unspecified atom stereocenters. The molecule has 0 radical (unpaired) electrons. The lowest BCUT2D eigenvalue weighted by molar-refractivity contribution is -0.119. The van der Waals surface area contributed by atoms with Crippen LogP contribution in [0.25, 0.3) is 0 Å². The van der Waals surface area contributed by atoms with Gasteiger partial charge in [0.1, 0.15) is 6.04 Å². The van der Waals surface area contributed by atoms with Gasteiger partial charge in [-0.15, -0.1) is 0 Å². The highest BCUT2D eigenvalue weighted by Crippen LogP contribution is 2.24. The lowest BCUT2D eigenvalue weighted by atomic mass is 10.1. The van der Waals surface area contributed by atoms with E-state index in [2.05, 4.69) is 4.72 Å². The van der Waals surface area contributed by atoms with Crippen LogP contribution in [0, 0.1) is 6.92 Å². The van der Waals surface area contributed by atoms with Gasteiger partial charge in [0.25, 0.3) is 0 Å². The van der Waals surface area contributed by atoms with Gasteiger partial charge in [-0.1, -0.05) is 18.5 Å². The third kappa shape index (κ3) is 3.93. The Balaban J connectivity index is 3.32. The summed E-state index contributed by atoms with van der Waals surface area (Å²) in [5.41, 5.74) is 5.11. The Kier molecular flexibility index (Phi) is 5.32. The normalized spacial score (nSPS) is 12.9. The fourth-order valence-electron chi connectivity index (χ4n) is 1.63. The zero-order valence-electron chi connectivity index (χ0n) is 11.4. The number of nitrogens with one attached hydrogen (secondary N) is 1. The van der Waals surface area contributed by atoms with Gasteiger partial charge in [0.2, 0.25) is 15.9 Å². The van der Waals surface area contributed by atoms with Crippen LogP contribution in [0.15, 0.2) is 17.0 Å². The minimum absolute atomic E-state index is 0.00222. The summed E-state index contributed by atoms with van der Waals surface area (Å²) >= 11 is 5.85. The Labute approximate surface area is 127 Å². The van der Waals surface area contributed by atoms with Gasteiger partial charge < -0.3 is 10.8 Å². The van der Waals surface area contributed by atoms with Crippen molar-refractivity contribution < 1.29 is 23.1 Å². The molecule has 1 aromatic rings. The van der Waals surface area contributed by atoms with E-state index in [1.807, 2.05) is 0 Å². The van der Waals surface area contributed by atoms with Crippen molar-refractivity contribution in [1.82, 2.24) is 4.72 Å². The van der Waals surface area contributed by atoms with Gasteiger partial charge in [0.15, 0.2) is 0 Å². The molecular weight excluding hydrogens is 320 g/mol. The van der Waals surface area contributed by atoms with Crippen LogP contribution < -0.4 is 10.5 Å². The third-order valence-electron chi connectivity index (χ3n) is 2.91. The maximum absolute atomic E-state index is 12.2. The largest absolute Gasteiger partial charge is 0.478 e. The highest BCUT2D eigenvalue weighted by molar-refractivity contribution is 7.89. The molecule has 0 saturated carbocycles. The molecule has 9 heteroatoms. The highest BCUT2D eigenvalue weighted by Gasteiger charge is 2.25. The smallest absolute Gasteiger partial charge is 0.336 e. The van der Waals surface area contributed by atoms with Crippen molar-refractivity contribution in [3.05, 3.63) is 28.3 Å². The summed E-state index contributed by atoms with van der Waals surface area (Å²) < 4.78 is 26.5. The molecule has 7 nitrogen and oxygen atoms in total. The van der Waals surface area contributed by atoms with Gasteiger partial charge in [-0.25, -0.2) is 13.2 Å². The molecule has 0 heterocycles. The van der Waals surface area contributed by atoms with E-state index in [4.69, 9.17) is 22.4 Å². The quantitative estimate of drug-likeness (QED) is 0.712. The van der Waals surface area contributed by atoms with Gasteiger partial charge in [0, 0.05) is 5.02 Å². The number of carbonyl (C=O) groups is 2. The second kappa shape index (κ2) is 6.42. The van der Waals surface area contributed by atoms with Crippen LogP contribution in [0.1, 0.15) is 29.3 Å². The fourth-order valence-corrected chi connectivity index (χ4v) is 3.25. The minimum Gasteiger partial charge on any atom is -0.478 e. The van der Waals surface area contributed by atoms with Crippen LogP contribution in [0.2, 0.25) is 5.02 Å². The molecule has 0 aromatic heterocycles. The van der Waals surface area contributed by atoms with Gasteiger partial charge in [-0.05, 0) is 31.0 Å². The minimum atomic E-state index is -4.11. The molecular formula is C12H15ClN2O5S. The summed E-state index contributed by atoms with van der Waals surface area (Å²) in [4.78, 5) is 21.9. The first kappa shape index (κ1) is 17.4. The van der Waals surface area contributed by atoms with E-state index in [9.17, 15) is 18.0 Å². The fraction of sp³-hybridized carbons (Fsp3) is 0.333. The number of halogens is 1. The molecule has 0 spiro atoms. The van der Waals surface area contributed by atoms with E-state index in [1.165, 1.54) is 6.92 Å². The average molecular weight is 335 g/mol. The summed E-state index contributed by atoms with van der Waals surface area (Å²) in [6, 6.07) is 1.03. The standard InChI is InChI=1S/C12H15ClN2O5S/c1-3-10(11(14)16)15-21(19,20)7-4-8(12(17)18)6(2)9(13)5-7/h4-5,10,15H,3H2,1-2H3,(H2,14,16)(H,17,18)/t10-/m1/s1. The first-order valence-electron chi connectivity index (χ1n) is 5.95. The Bertz CT molecular complexity index is 687. The molecule has 1 amide bonds. The number of aromatic carboxylic acids is 1. The van der Waals surface area contributed by atoms with Crippen molar-refractivity contribution in [2.45, 2.75) is 31.2 Å². The zero-order valence-corrected chi connectivity index (χ0v) is 13.0. The number of carboxylic acid groups (broad SMARTS) is 1. The molecule has 1 atom stereocenters. The Morgan fingerprint density at radius 1 is 1.43 bits per heavy atom. The van der Waals surface area contributed by atoms with Crippen molar-refractivity contribution in [3.63, 3.8) is 0 Å². The second-order valence-electron chi connectivity index (χ2n) is 4.37. The van der Waals surface area contributed by atoms with Crippen molar-refractivity contribution in [1.29, 1.82) is 0 Å². The van der Waals surface area contributed by atoms with Crippen molar-refractivity contribution in [3.8, 4) is 0 Å². The number of primary amides is 1. The average Bonchev–Trinajstić information content (AvgIpc) is 2.38. The van der Waals surface area contributed by atoms with E-state index >= 15 is 0 Å². The van der Waals surface area contributed by atoms with E-state index in [0.29, 0.717) is 0 Å². The van der Waals surface area contributed by atoms with Crippen molar-refractivity contribution >= 4 is 33.5 Å². The van der Waals surface area contributed by atoms with Gasteiger partial charge in [-0.3, -0.25) is 4.79 Å². The molecule has 0 fully saturated rings. The zero-order chi connectivity index (χ0) is 16.4. The van der Waals surface area contributed by atoms with Crippen LogP contribution in [-0.2, 0) is 14.8 Å². The van der Waals surface area contributed by atoms with Crippen molar-refractivity contribution in [2.24, 2.45) is 5.73 Å². The summed E-state index contributed by atoms with van der Waals surface area (Å²) in [6.07, 6.45) is 0.167. The maximum Gasteiger partial charge on any atom is 0.336 e. The molecule has 116 valence electrons. The number of hydrogen-bond acceptors (Lipinski definition) is 4. The van der Waals surface area contributed by atoms with E-state index in [1.54, 1.807) is 6.92 Å². The molecule has 1 rings (SSSR count). The first-order valence-corrected chi connectivity index (χ1v) is 7.81. The molecule has 0 aliphatic heterocycles. The Hall–Kier alpha value is -1.64. The Morgan fingerprint density at radius 2 is 2.00 bits per heavy atom. The Morgan fingerprint density at radius 3 is 2.43 bits per heavy atom. The number of rotatable bonds is 6. The van der Waals surface area contributed by atoms with Gasteiger partial charge >= 0.3 is 5.97 Å². The number of carboxylic acids is 1. The predicted octanol–water partition coefficient (Wildman–Crippen LogP) is 0.889. The number of amides is 1. The number of hydrogen-bond donors (Lipinski definition) is 3. The molecule has 21 heavy (non-hydrogen) atoms. The molecule has 0 saturated heterocycles. The second-order valence-corrected chi connectivity index (χ2v) is 6.49. The topological polar surface area (TPSA) is 127 Å².